The summed E-state index contributed by atoms with van der Waals surface area (Å²) in [6.07, 6.45) is 1.57. The molecule has 9 heteroatoms. The van der Waals surface area contributed by atoms with Crippen LogP contribution in [0.25, 0.3) is 6.08 Å². The molecule has 0 fully saturated rings. The molecule has 0 atom stereocenters. The first-order valence-electron chi connectivity index (χ1n) is 10.2. The van der Waals surface area contributed by atoms with Crippen molar-refractivity contribution < 1.29 is 23.4 Å². The highest BCUT2D eigenvalue weighted by Gasteiger charge is 2.26. The summed E-state index contributed by atoms with van der Waals surface area (Å²) in [5.41, 5.74) is 1.87. The highest BCUT2D eigenvalue weighted by Crippen LogP contribution is 2.38. The molecule has 0 saturated heterocycles. The van der Waals surface area contributed by atoms with Gasteiger partial charge in [-0.3, -0.25) is 0 Å². The van der Waals surface area contributed by atoms with Gasteiger partial charge >= 0.3 is 5.97 Å². The topological polar surface area (TPSA) is 57.1 Å². The summed E-state index contributed by atoms with van der Waals surface area (Å²) in [6, 6.07) is 14.5. The molecular formula is C25H17BrCl2FNO4. The molecule has 1 aliphatic heterocycles. The van der Waals surface area contributed by atoms with Crippen LogP contribution >= 0.6 is 39.1 Å². The van der Waals surface area contributed by atoms with Crippen LogP contribution in [-0.2, 0) is 16.1 Å². The first-order valence-corrected chi connectivity index (χ1v) is 11.7. The van der Waals surface area contributed by atoms with Gasteiger partial charge in [-0.05, 0) is 82.5 Å². The predicted octanol–water partition coefficient (Wildman–Crippen LogP) is 7.22. The summed E-state index contributed by atoms with van der Waals surface area (Å²) in [6.45, 7) is 2.39. The van der Waals surface area contributed by atoms with E-state index in [0.717, 1.165) is 0 Å². The minimum Gasteiger partial charge on any atom is -0.490 e. The van der Waals surface area contributed by atoms with E-state index in [9.17, 15) is 9.18 Å². The lowest BCUT2D eigenvalue weighted by Gasteiger charge is -2.15. The summed E-state index contributed by atoms with van der Waals surface area (Å²) in [5.74, 6) is 0.0601. The van der Waals surface area contributed by atoms with Gasteiger partial charge in [-0.1, -0.05) is 35.3 Å². The molecular weight excluding hydrogens is 548 g/mol. The number of esters is 1. The van der Waals surface area contributed by atoms with E-state index < -0.39 is 5.97 Å². The van der Waals surface area contributed by atoms with E-state index in [2.05, 4.69) is 20.9 Å². The van der Waals surface area contributed by atoms with Crippen LogP contribution in [0.2, 0.25) is 10.0 Å². The van der Waals surface area contributed by atoms with Gasteiger partial charge in [0.15, 0.2) is 17.2 Å². The molecule has 3 aromatic rings. The van der Waals surface area contributed by atoms with Crippen molar-refractivity contribution in [3.63, 3.8) is 0 Å². The summed E-state index contributed by atoms with van der Waals surface area (Å²) < 4.78 is 31.0. The van der Waals surface area contributed by atoms with E-state index in [1.807, 2.05) is 6.92 Å². The molecule has 0 bridgehead atoms. The largest absolute Gasteiger partial charge is 0.490 e. The van der Waals surface area contributed by atoms with E-state index in [0.29, 0.717) is 49.3 Å². The lowest BCUT2D eigenvalue weighted by Crippen LogP contribution is -2.06. The molecule has 1 aliphatic rings. The van der Waals surface area contributed by atoms with Gasteiger partial charge in [0.2, 0.25) is 5.90 Å². The lowest BCUT2D eigenvalue weighted by atomic mass is 10.1. The number of benzene rings is 3. The van der Waals surface area contributed by atoms with Crippen molar-refractivity contribution in [3.8, 4) is 11.5 Å². The third-order valence-corrected chi connectivity index (χ3v) is 5.83. The summed E-state index contributed by atoms with van der Waals surface area (Å²) in [7, 11) is 0. The minimum atomic E-state index is -0.610. The van der Waals surface area contributed by atoms with Gasteiger partial charge in [0.25, 0.3) is 0 Å². The number of carbonyl (C=O) groups is 1. The van der Waals surface area contributed by atoms with E-state index in [4.69, 9.17) is 37.4 Å². The molecule has 0 spiro atoms. The molecule has 0 N–H and O–H groups in total. The molecule has 0 saturated carbocycles. The molecule has 0 aliphatic carbocycles. The van der Waals surface area contributed by atoms with E-state index >= 15 is 0 Å². The molecule has 34 heavy (non-hydrogen) atoms. The van der Waals surface area contributed by atoms with Crippen LogP contribution in [0.3, 0.4) is 0 Å². The number of hydrogen-bond acceptors (Lipinski definition) is 5. The molecule has 0 unspecified atom stereocenters. The Kier molecular flexibility index (Phi) is 7.56. The summed E-state index contributed by atoms with van der Waals surface area (Å²) >= 11 is 15.6. The van der Waals surface area contributed by atoms with Crippen LogP contribution in [-0.4, -0.2) is 18.5 Å². The third-order valence-electron chi connectivity index (χ3n) is 4.69. The second kappa shape index (κ2) is 10.6. The van der Waals surface area contributed by atoms with Crippen molar-refractivity contribution in [3.05, 3.63) is 97.3 Å². The monoisotopic (exact) mass is 563 g/mol. The zero-order valence-electron chi connectivity index (χ0n) is 17.8. The van der Waals surface area contributed by atoms with Gasteiger partial charge in [0.05, 0.1) is 21.7 Å². The van der Waals surface area contributed by atoms with Crippen molar-refractivity contribution >= 4 is 57.1 Å². The van der Waals surface area contributed by atoms with Crippen LogP contribution in [0, 0.1) is 5.82 Å². The number of halogens is 4. The van der Waals surface area contributed by atoms with Crippen molar-refractivity contribution in [1.82, 2.24) is 0 Å². The van der Waals surface area contributed by atoms with Crippen LogP contribution < -0.4 is 9.47 Å². The van der Waals surface area contributed by atoms with Crippen molar-refractivity contribution in [2.24, 2.45) is 4.99 Å². The molecule has 4 rings (SSSR count). The Morgan fingerprint density at radius 2 is 1.94 bits per heavy atom. The number of hydrogen-bond donors (Lipinski definition) is 0. The number of nitrogens with zero attached hydrogens (tertiary/aromatic N) is 1. The van der Waals surface area contributed by atoms with Crippen molar-refractivity contribution in [2.75, 3.05) is 6.61 Å². The smallest absolute Gasteiger partial charge is 0.363 e. The average Bonchev–Trinajstić information content (AvgIpc) is 3.13. The maximum absolute atomic E-state index is 13.5. The van der Waals surface area contributed by atoms with Gasteiger partial charge in [-0.25, -0.2) is 14.2 Å². The van der Waals surface area contributed by atoms with Gasteiger partial charge < -0.3 is 14.2 Å². The molecule has 3 aromatic carbocycles. The van der Waals surface area contributed by atoms with Gasteiger partial charge in [0, 0.05) is 5.02 Å². The van der Waals surface area contributed by atoms with Gasteiger partial charge in [-0.2, -0.15) is 0 Å². The zero-order chi connectivity index (χ0) is 24.2. The second-order valence-electron chi connectivity index (χ2n) is 7.14. The SMILES string of the molecule is CCOc1cc(/C=C2\N=C(c3ccc(Cl)cc3Cl)OC2=O)cc(Br)c1OCc1cccc(F)c1. The fourth-order valence-corrected chi connectivity index (χ4v) is 4.27. The third kappa shape index (κ3) is 5.60. The highest BCUT2D eigenvalue weighted by molar-refractivity contribution is 9.10. The van der Waals surface area contributed by atoms with Gasteiger partial charge in [0.1, 0.15) is 12.4 Å². The minimum absolute atomic E-state index is 0.0945. The van der Waals surface area contributed by atoms with E-state index in [1.165, 1.54) is 12.1 Å². The fourth-order valence-electron chi connectivity index (χ4n) is 3.20. The number of aliphatic imine (C=N–C) groups is 1. The first-order chi connectivity index (χ1) is 16.3. The Balaban J connectivity index is 1.62. The Bertz CT molecular complexity index is 1330. The maximum atomic E-state index is 13.5. The van der Waals surface area contributed by atoms with Crippen LogP contribution in [0.15, 0.2) is 69.8 Å². The van der Waals surface area contributed by atoms with E-state index in [1.54, 1.807) is 48.5 Å². The standard InChI is InChI=1S/C25H17BrCl2FNO4/c1-2-32-22-11-15(9-19(26)23(22)33-13-14-4-3-5-17(29)8-14)10-21-25(31)34-24(30-21)18-7-6-16(27)12-20(18)28/h3-12H,2,13H2,1H3/b21-10-. The predicted molar refractivity (Wildman–Crippen MR) is 133 cm³/mol. The zero-order valence-corrected chi connectivity index (χ0v) is 20.9. The van der Waals surface area contributed by atoms with Crippen molar-refractivity contribution in [2.45, 2.75) is 13.5 Å². The Labute approximate surface area is 213 Å². The Hall–Kier alpha value is -2.87. The van der Waals surface area contributed by atoms with E-state index in [-0.39, 0.29) is 24.0 Å². The number of ether oxygens (including phenoxy) is 3. The molecule has 5 nitrogen and oxygen atoms in total. The summed E-state index contributed by atoms with van der Waals surface area (Å²) in [5, 5.41) is 0.781. The van der Waals surface area contributed by atoms with Crippen LogP contribution in [0.5, 0.6) is 11.5 Å². The second-order valence-corrected chi connectivity index (χ2v) is 8.84. The van der Waals surface area contributed by atoms with Crippen LogP contribution in [0.4, 0.5) is 4.39 Å². The first kappa shape index (κ1) is 24.3. The number of cyclic esters (lactones) is 1. The Morgan fingerprint density at radius 1 is 1.12 bits per heavy atom. The fraction of sp³-hybridized carbons (Fsp3) is 0.120. The number of rotatable bonds is 7. The molecule has 0 amide bonds. The van der Waals surface area contributed by atoms with Crippen LogP contribution in [0.1, 0.15) is 23.6 Å². The molecule has 174 valence electrons. The Morgan fingerprint density at radius 3 is 2.68 bits per heavy atom. The molecule has 1 heterocycles. The average molecular weight is 565 g/mol. The normalized spacial score (nSPS) is 14.2. The molecule has 0 radical (unpaired) electrons. The highest BCUT2D eigenvalue weighted by atomic mass is 79.9. The quantitative estimate of drug-likeness (QED) is 0.224. The lowest BCUT2D eigenvalue weighted by molar-refractivity contribution is -0.129. The maximum Gasteiger partial charge on any atom is 0.363 e. The molecule has 0 aromatic heterocycles. The van der Waals surface area contributed by atoms with Crippen molar-refractivity contribution in [1.29, 1.82) is 0 Å². The summed E-state index contributed by atoms with van der Waals surface area (Å²) in [4.78, 5) is 16.7. The number of carbonyl (C=O) groups excluding carboxylic acids is 1. The van der Waals surface area contributed by atoms with Gasteiger partial charge in [-0.15, -0.1) is 0 Å².